The van der Waals surface area contributed by atoms with Gasteiger partial charge in [-0.1, -0.05) is 13.8 Å². The zero-order valence-electron chi connectivity index (χ0n) is 13.4. The van der Waals surface area contributed by atoms with E-state index in [1.807, 2.05) is 12.5 Å². The number of nitrogens with two attached hydrogens (primary N) is 1. The summed E-state index contributed by atoms with van der Waals surface area (Å²) in [5.74, 6) is 1.68. The zero-order chi connectivity index (χ0) is 14.7. The molecule has 114 valence electrons. The van der Waals surface area contributed by atoms with Crippen LogP contribution in [0.25, 0.3) is 0 Å². The standard InChI is InChI=1S/C16H30N4/c1-12(2)14-5-7-19(8-6-14)15(9-17)16-10-18-11-20(16)13(3)4/h10-15H,5-9,17H2,1-4H3. The Hall–Kier alpha value is -0.870. The topological polar surface area (TPSA) is 47.1 Å². The van der Waals surface area contributed by atoms with Crippen LogP contribution in [-0.4, -0.2) is 34.1 Å². The molecule has 1 fully saturated rings. The van der Waals surface area contributed by atoms with E-state index in [0.29, 0.717) is 18.6 Å². The third-order valence-corrected chi connectivity index (χ3v) is 4.77. The second kappa shape index (κ2) is 6.72. The Bertz CT molecular complexity index is 402. The first-order chi connectivity index (χ1) is 9.54. The lowest BCUT2D eigenvalue weighted by Crippen LogP contribution is -2.41. The molecule has 2 heterocycles. The van der Waals surface area contributed by atoms with Gasteiger partial charge in [-0.05, 0) is 51.6 Å². The van der Waals surface area contributed by atoms with Crippen molar-refractivity contribution in [2.45, 2.75) is 52.6 Å². The predicted molar refractivity (Wildman–Crippen MR) is 83.5 cm³/mol. The number of piperidine rings is 1. The van der Waals surface area contributed by atoms with Crippen molar-refractivity contribution in [2.24, 2.45) is 17.6 Å². The van der Waals surface area contributed by atoms with E-state index in [0.717, 1.165) is 24.9 Å². The third kappa shape index (κ3) is 3.23. The van der Waals surface area contributed by atoms with E-state index < -0.39 is 0 Å². The zero-order valence-corrected chi connectivity index (χ0v) is 13.4. The smallest absolute Gasteiger partial charge is 0.0951 e. The molecule has 4 nitrogen and oxygen atoms in total. The molecule has 1 atom stereocenters. The molecule has 0 bridgehead atoms. The maximum atomic E-state index is 6.08. The predicted octanol–water partition coefficient (Wildman–Crippen LogP) is 2.83. The molecule has 0 saturated carbocycles. The van der Waals surface area contributed by atoms with E-state index in [-0.39, 0.29) is 0 Å². The normalized spacial score (nSPS) is 19.9. The van der Waals surface area contributed by atoms with Crippen molar-refractivity contribution >= 4 is 0 Å². The number of aromatic nitrogens is 2. The van der Waals surface area contributed by atoms with Gasteiger partial charge >= 0.3 is 0 Å². The van der Waals surface area contributed by atoms with Crippen LogP contribution in [0.2, 0.25) is 0 Å². The molecule has 4 heteroatoms. The summed E-state index contributed by atoms with van der Waals surface area (Å²) in [6.07, 6.45) is 6.52. The van der Waals surface area contributed by atoms with E-state index in [2.05, 4.69) is 42.1 Å². The van der Waals surface area contributed by atoms with Crippen LogP contribution in [0.1, 0.15) is 58.3 Å². The molecule has 1 aliphatic heterocycles. The Kier molecular flexibility index (Phi) is 5.22. The number of likely N-dealkylation sites (tertiary alicyclic amines) is 1. The van der Waals surface area contributed by atoms with Crippen LogP contribution >= 0.6 is 0 Å². The molecule has 20 heavy (non-hydrogen) atoms. The third-order valence-electron chi connectivity index (χ3n) is 4.77. The van der Waals surface area contributed by atoms with Crippen LogP contribution in [-0.2, 0) is 0 Å². The molecule has 1 saturated heterocycles. The van der Waals surface area contributed by atoms with Gasteiger partial charge in [0.2, 0.25) is 0 Å². The van der Waals surface area contributed by atoms with Crippen molar-refractivity contribution in [3.63, 3.8) is 0 Å². The summed E-state index contributed by atoms with van der Waals surface area (Å²) >= 11 is 0. The molecule has 1 aromatic rings. The molecule has 1 aromatic heterocycles. The van der Waals surface area contributed by atoms with Crippen LogP contribution < -0.4 is 5.73 Å². The van der Waals surface area contributed by atoms with Crippen LogP contribution in [0.4, 0.5) is 0 Å². The summed E-state index contributed by atoms with van der Waals surface area (Å²) in [6.45, 7) is 12.1. The van der Waals surface area contributed by atoms with Gasteiger partial charge in [-0.25, -0.2) is 4.98 Å². The molecule has 2 rings (SSSR count). The van der Waals surface area contributed by atoms with E-state index in [9.17, 15) is 0 Å². The van der Waals surface area contributed by atoms with Crippen molar-refractivity contribution in [3.05, 3.63) is 18.2 Å². The lowest BCUT2D eigenvalue weighted by molar-refractivity contribution is 0.113. The van der Waals surface area contributed by atoms with E-state index in [4.69, 9.17) is 5.73 Å². The lowest BCUT2D eigenvalue weighted by Gasteiger charge is -2.38. The summed E-state index contributed by atoms with van der Waals surface area (Å²) < 4.78 is 2.26. The van der Waals surface area contributed by atoms with Crippen LogP contribution in [0.3, 0.4) is 0 Å². The minimum Gasteiger partial charge on any atom is -0.331 e. The SMILES string of the molecule is CC(C)C1CCN(C(CN)c2cncn2C(C)C)CC1. The number of rotatable bonds is 5. The van der Waals surface area contributed by atoms with Gasteiger partial charge in [0.15, 0.2) is 0 Å². The number of hydrogen-bond donors (Lipinski definition) is 1. The molecule has 0 aliphatic carbocycles. The summed E-state index contributed by atoms with van der Waals surface area (Å²) in [5, 5.41) is 0. The summed E-state index contributed by atoms with van der Waals surface area (Å²) in [4.78, 5) is 6.88. The van der Waals surface area contributed by atoms with Gasteiger partial charge in [-0.15, -0.1) is 0 Å². The van der Waals surface area contributed by atoms with Gasteiger partial charge < -0.3 is 10.3 Å². The van der Waals surface area contributed by atoms with Crippen molar-refractivity contribution in [2.75, 3.05) is 19.6 Å². The number of imidazole rings is 1. The van der Waals surface area contributed by atoms with E-state index >= 15 is 0 Å². The van der Waals surface area contributed by atoms with Crippen molar-refractivity contribution in [3.8, 4) is 0 Å². The second-order valence-corrected chi connectivity index (χ2v) is 6.69. The quantitative estimate of drug-likeness (QED) is 0.901. The molecule has 2 N–H and O–H groups in total. The molecule has 0 amide bonds. The summed E-state index contributed by atoms with van der Waals surface area (Å²) in [5.41, 5.74) is 7.34. The van der Waals surface area contributed by atoms with Gasteiger partial charge in [-0.3, -0.25) is 4.90 Å². The first-order valence-corrected chi connectivity index (χ1v) is 8.00. The first-order valence-electron chi connectivity index (χ1n) is 8.00. The number of nitrogens with zero attached hydrogens (tertiary/aromatic N) is 3. The molecular weight excluding hydrogens is 248 g/mol. The first kappa shape index (κ1) is 15.5. The Balaban J connectivity index is 2.08. The molecule has 0 radical (unpaired) electrons. The van der Waals surface area contributed by atoms with Crippen molar-refractivity contribution < 1.29 is 0 Å². The fourth-order valence-electron chi connectivity index (χ4n) is 3.36. The molecule has 0 aromatic carbocycles. The summed E-state index contributed by atoms with van der Waals surface area (Å²) in [6, 6.07) is 0.753. The molecule has 1 unspecified atom stereocenters. The average Bonchev–Trinajstić information content (AvgIpc) is 2.89. The Morgan fingerprint density at radius 1 is 1.25 bits per heavy atom. The Morgan fingerprint density at radius 2 is 1.90 bits per heavy atom. The maximum absolute atomic E-state index is 6.08. The largest absolute Gasteiger partial charge is 0.331 e. The minimum absolute atomic E-state index is 0.313. The van der Waals surface area contributed by atoms with Crippen molar-refractivity contribution in [1.29, 1.82) is 0 Å². The highest BCUT2D eigenvalue weighted by Crippen LogP contribution is 2.30. The molecule has 0 spiro atoms. The van der Waals surface area contributed by atoms with Crippen LogP contribution in [0.5, 0.6) is 0 Å². The highest BCUT2D eigenvalue weighted by atomic mass is 15.2. The Labute approximate surface area is 123 Å². The van der Waals surface area contributed by atoms with Gasteiger partial charge in [0.25, 0.3) is 0 Å². The molecular formula is C16H30N4. The highest BCUT2D eigenvalue weighted by Gasteiger charge is 2.28. The van der Waals surface area contributed by atoms with Crippen LogP contribution in [0, 0.1) is 11.8 Å². The molecule has 1 aliphatic rings. The van der Waals surface area contributed by atoms with Gasteiger partial charge in [-0.2, -0.15) is 0 Å². The second-order valence-electron chi connectivity index (χ2n) is 6.69. The fourth-order valence-corrected chi connectivity index (χ4v) is 3.36. The van der Waals surface area contributed by atoms with Crippen LogP contribution in [0.15, 0.2) is 12.5 Å². The van der Waals surface area contributed by atoms with Gasteiger partial charge in [0, 0.05) is 18.8 Å². The maximum Gasteiger partial charge on any atom is 0.0951 e. The van der Waals surface area contributed by atoms with Crippen molar-refractivity contribution in [1.82, 2.24) is 14.5 Å². The summed E-state index contributed by atoms with van der Waals surface area (Å²) in [7, 11) is 0. The number of hydrogen-bond acceptors (Lipinski definition) is 3. The van der Waals surface area contributed by atoms with E-state index in [1.54, 1.807) is 0 Å². The van der Waals surface area contributed by atoms with Gasteiger partial charge in [0.1, 0.15) is 0 Å². The average molecular weight is 278 g/mol. The highest BCUT2D eigenvalue weighted by molar-refractivity contribution is 5.08. The lowest BCUT2D eigenvalue weighted by atomic mass is 9.86. The van der Waals surface area contributed by atoms with Gasteiger partial charge in [0.05, 0.1) is 18.1 Å². The Morgan fingerprint density at radius 3 is 2.40 bits per heavy atom. The fraction of sp³-hybridized carbons (Fsp3) is 0.812. The van der Waals surface area contributed by atoms with E-state index in [1.165, 1.54) is 18.5 Å². The minimum atomic E-state index is 0.313. The monoisotopic (exact) mass is 278 g/mol.